The molecule has 5 nitrogen and oxygen atoms in total. The van der Waals surface area contributed by atoms with Crippen LogP contribution in [0.25, 0.3) is 11.5 Å². The zero-order valence-electron chi connectivity index (χ0n) is 9.94. The average molecular weight is 231 g/mol. The highest BCUT2D eigenvalue weighted by atomic mass is 16.5. The van der Waals surface area contributed by atoms with Gasteiger partial charge in [0.2, 0.25) is 5.88 Å². The maximum atomic E-state index is 11.6. The molecule has 0 aromatic carbocycles. The first kappa shape index (κ1) is 11.3. The second-order valence-electron chi connectivity index (χ2n) is 3.69. The first-order valence-corrected chi connectivity index (χ1v) is 5.20. The fourth-order valence-electron chi connectivity index (χ4n) is 1.43. The molecule has 0 unspecified atom stereocenters. The summed E-state index contributed by atoms with van der Waals surface area (Å²) in [5.41, 5.74) is 1.77. The molecule has 0 aliphatic heterocycles. The third-order valence-corrected chi connectivity index (χ3v) is 2.57. The fourth-order valence-corrected chi connectivity index (χ4v) is 1.43. The molecule has 2 heterocycles. The predicted molar refractivity (Wildman–Crippen MR) is 64.1 cm³/mol. The van der Waals surface area contributed by atoms with Crippen LogP contribution < -0.4 is 10.3 Å². The molecule has 0 atom stereocenters. The first-order valence-electron chi connectivity index (χ1n) is 5.20. The van der Waals surface area contributed by atoms with E-state index in [0.717, 1.165) is 0 Å². The summed E-state index contributed by atoms with van der Waals surface area (Å²) in [6.07, 6.45) is 0. The molecule has 2 rings (SSSR count). The second kappa shape index (κ2) is 4.37. The van der Waals surface area contributed by atoms with E-state index in [4.69, 9.17) is 4.74 Å². The summed E-state index contributed by atoms with van der Waals surface area (Å²) in [4.78, 5) is 22.9. The van der Waals surface area contributed by atoms with Crippen molar-refractivity contribution < 1.29 is 4.74 Å². The number of nitrogens with one attached hydrogen (secondary N) is 1. The molecule has 88 valence electrons. The SMILES string of the molecule is COc1cccc(-c2nc(C)c(C)c(=O)[nH]2)n1. The molecule has 5 heteroatoms. The van der Waals surface area contributed by atoms with E-state index in [0.29, 0.717) is 28.7 Å². The Kier molecular flexibility index (Phi) is 2.91. The van der Waals surface area contributed by atoms with Crippen molar-refractivity contribution in [3.8, 4) is 17.4 Å². The van der Waals surface area contributed by atoms with Gasteiger partial charge in [0, 0.05) is 17.3 Å². The van der Waals surface area contributed by atoms with Gasteiger partial charge in [-0.1, -0.05) is 6.07 Å². The van der Waals surface area contributed by atoms with Crippen LogP contribution in [0.15, 0.2) is 23.0 Å². The standard InChI is InChI=1S/C12H13N3O2/c1-7-8(2)13-11(15-12(7)16)9-5-4-6-10(14-9)17-3/h4-6H,1-3H3,(H,13,15,16). The van der Waals surface area contributed by atoms with Gasteiger partial charge in [0.05, 0.1) is 7.11 Å². The van der Waals surface area contributed by atoms with Gasteiger partial charge < -0.3 is 9.72 Å². The van der Waals surface area contributed by atoms with E-state index in [1.54, 1.807) is 39.2 Å². The number of H-pyrrole nitrogens is 1. The number of aryl methyl sites for hydroxylation is 1. The first-order chi connectivity index (χ1) is 8.11. The van der Waals surface area contributed by atoms with Crippen LogP contribution in [0, 0.1) is 13.8 Å². The van der Waals surface area contributed by atoms with E-state index in [2.05, 4.69) is 15.0 Å². The maximum Gasteiger partial charge on any atom is 0.254 e. The van der Waals surface area contributed by atoms with Crippen LogP contribution in [0.2, 0.25) is 0 Å². The monoisotopic (exact) mass is 231 g/mol. The van der Waals surface area contributed by atoms with Crippen LogP contribution in [-0.2, 0) is 0 Å². The Balaban J connectivity index is 2.56. The van der Waals surface area contributed by atoms with E-state index in [-0.39, 0.29) is 5.56 Å². The Bertz CT molecular complexity index is 605. The molecule has 0 aliphatic rings. The summed E-state index contributed by atoms with van der Waals surface area (Å²) in [5, 5.41) is 0. The number of hydrogen-bond donors (Lipinski definition) is 1. The van der Waals surface area contributed by atoms with Crippen molar-refractivity contribution in [1.82, 2.24) is 15.0 Å². The molecule has 0 radical (unpaired) electrons. The molecular formula is C12H13N3O2. The fraction of sp³-hybridized carbons (Fsp3) is 0.250. The molecule has 2 aromatic heterocycles. The third-order valence-electron chi connectivity index (χ3n) is 2.57. The summed E-state index contributed by atoms with van der Waals surface area (Å²) in [5.74, 6) is 0.945. The van der Waals surface area contributed by atoms with E-state index in [1.165, 1.54) is 0 Å². The number of aromatic nitrogens is 3. The average Bonchev–Trinajstić information content (AvgIpc) is 2.35. The number of hydrogen-bond acceptors (Lipinski definition) is 4. The lowest BCUT2D eigenvalue weighted by Crippen LogP contribution is -2.14. The maximum absolute atomic E-state index is 11.6. The summed E-state index contributed by atoms with van der Waals surface area (Å²) in [6, 6.07) is 5.31. The molecular weight excluding hydrogens is 218 g/mol. The van der Waals surface area contributed by atoms with Crippen LogP contribution >= 0.6 is 0 Å². The van der Waals surface area contributed by atoms with Crippen molar-refractivity contribution in [3.05, 3.63) is 39.8 Å². The zero-order valence-corrected chi connectivity index (χ0v) is 9.94. The van der Waals surface area contributed by atoms with Crippen LogP contribution in [0.3, 0.4) is 0 Å². The highest BCUT2D eigenvalue weighted by Crippen LogP contribution is 2.15. The van der Waals surface area contributed by atoms with Gasteiger partial charge in [-0.2, -0.15) is 0 Å². The van der Waals surface area contributed by atoms with Gasteiger partial charge in [0.1, 0.15) is 5.69 Å². The summed E-state index contributed by atoms with van der Waals surface area (Å²) in [7, 11) is 1.54. The molecule has 2 aromatic rings. The molecule has 1 N–H and O–H groups in total. The molecule has 0 saturated carbocycles. The Morgan fingerprint density at radius 2 is 2.00 bits per heavy atom. The largest absolute Gasteiger partial charge is 0.481 e. The number of methoxy groups -OCH3 is 1. The van der Waals surface area contributed by atoms with E-state index < -0.39 is 0 Å². The van der Waals surface area contributed by atoms with Crippen molar-refractivity contribution in [2.45, 2.75) is 13.8 Å². The van der Waals surface area contributed by atoms with Gasteiger partial charge in [-0.15, -0.1) is 0 Å². The van der Waals surface area contributed by atoms with E-state index in [9.17, 15) is 4.79 Å². The Morgan fingerprint density at radius 3 is 2.65 bits per heavy atom. The Morgan fingerprint density at radius 1 is 1.24 bits per heavy atom. The van der Waals surface area contributed by atoms with Crippen molar-refractivity contribution in [3.63, 3.8) is 0 Å². The number of aromatic amines is 1. The van der Waals surface area contributed by atoms with Gasteiger partial charge >= 0.3 is 0 Å². The Hall–Kier alpha value is -2.17. The second-order valence-corrected chi connectivity index (χ2v) is 3.69. The van der Waals surface area contributed by atoms with Crippen LogP contribution in [0.4, 0.5) is 0 Å². The van der Waals surface area contributed by atoms with Gasteiger partial charge in [-0.05, 0) is 19.9 Å². The van der Waals surface area contributed by atoms with Crippen molar-refractivity contribution >= 4 is 0 Å². The number of pyridine rings is 1. The topological polar surface area (TPSA) is 67.9 Å². The molecule has 17 heavy (non-hydrogen) atoms. The van der Waals surface area contributed by atoms with Crippen molar-refractivity contribution in [2.75, 3.05) is 7.11 Å². The minimum absolute atomic E-state index is 0.142. The molecule has 0 amide bonds. The molecule has 0 saturated heterocycles. The van der Waals surface area contributed by atoms with Gasteiger partial charge in [-0.3, -0.25) is 4.79 Å². The highest BCUT2D eigenvalue weighted by molar-refractivity contribution is 5.50. The van der Waals surface area contributed by atoms with Crippen LogP contribution in [0.5, 0.6) is 5.88 Å². The molecule has 0 spiro atoms. The smallest absolute Gasteiger partial charge is 0.254 e. The predicted octanol–water partition coefficient (Wildman–Crippen LogP) is 1.46. The van der Waals surface area contributed by atoms with Crippen molar-refractivity contribution in [1.29, 1.82) is 0 Å². The van der Waals surface area contributed by atoms with Crippen LogP contribution in [0.1, 0.15) is 11.3 Å². The quantitative estimate of drug-likeness (QED) is 0.849. The van der Waals surface area contributed by atoms with Gasteiger partial charge in [-0.25, -0.2) is 9.97 Å². The van der Waals surface area contributed by atoms with E-state index in [1.807, 2.05) is 0 Å². The molecule has 0 fully saturated rings. The van der Waals surface area contributed by atoms with E-state index >= 15 is 0 Å². The lowest BCUT2D eigenvalue weighted by atomic mass is 10.2. The lowest BCUT2D eigenvalue weighted by molar-refractivity contribution is 0.398. The summed E-state index contributed by atoms with van der Waals surface area (Å²) < 4.78 is 5.03. The van der Waals surface area contributed by atoms with Crippen LogP contribution in [-0.4, -0.2) is 22.1 Å². The number of rotatable bonds is 2. The third kappa shape index (κ3) is 2.18. The molecule has 0 aliphatic carbocycles. The number of ether oxygens (including phenoxy) is 1. The zero-order chi connectivity index (χ0) is 12.4. The van der Waals surface area contributed by atoms with Crippen molar-refractivity contribution in [2.24, 2.45) is 0 Å². The minimum Gasteiger partial charge on any atom is -0.481 e. The lowest BCUT2D eigenvalue weighted by Gasteiger charge is -2.05. The summed E-state index contributed by atoms with van der Waals surface area (Å²) >= 11 is 0. The summed E-state index contributed by atoms with van der Waals surface area (Å²) in [6.45, 7) is 3.54. The normalized spacial score (nSPS) is 10.3. The van der Waals surface area contributed by atoms with Gasteiger partial charge in [0.15, 0.2) is 5.82 Å². The number of nitrogens with zero attached hydrogens (tertiary/aromatic N) is 2. The minimum atomic E-state index is -0.142. The molecule has 0 bridgehead atoms. The highest BCUT2D eigenvalue weighted by Gasteiger charge is 2.07. The Labute approximate surface area is 98.5 Å². The van der Waals surface area contributed by atoms with Gasteiger partial charge in [0.25, 0.3) is 5.56 Å².